The van der Waals surface area contributed by atoms with Crippen molar-refractivity contribution in [2.75, 3.05) is 19.6 Å². The predicted octanol–water partition coefficient (Wildman–Crippen LogP) is 3.02. The van der Waals surface area contributed by atoms with Gasteiger partial charge >= 0.3 is 0 Å². The number of fused-ring (bicyclic) bond motifs is 1. The summed E-state index contributed by atoms with van der Waals surface area (Å²) in [6, 6.07) is 15.4. The van der Waals surface area contributed by atoms with Gasteiger partial charge in [0.25, 0.3) is 0 Å². The molecule has 100 valence electrons. The Labute approximate surface area is 115 Å². The van der Waals surface area contributed by atoms with E-state index >= 15 is 0 Å². The summed E-state index contributed by atoms with van der Waals surface area (Å²) < 4.78 is 0. The van der Waals surface area contributed by atoms with Crippen LogP contribution in [-0.2, 0) is 6.54 Å². The lowest BCUT2D eigenvalue weighted by molar-refractivity contribution is 0.0828. The molecule has 19 heavy (non-hydrogen) atoms. The topological polar surface area (TPSA) is 15.3 Å². The van der Waals surface area contributed by atoms with Gasteiger partial charge in [-0.15, -0.1) is 0 Å². The van der Waals surface area contributed by atoms with Crippen LogP contribution in [-0.4, -0.2) is 30.1 Å². The summed E-state index contributed by atoms with van der Waals surface area (Å²) in [6.45, 7) is 8.97. The Bertz CT molecular complexity index is 574. The maximum atomic E-state index is 3.48. The van der Waals surface area contributed by atoms with E-state index in [1.807, 2.05) is 0 Å². The molecule has 2 heteroatoms. The standard InChI is InChI=1S/C17H22N2/c1-17(2)13-18-9-10-19(17)12-14-7-8-15-5-3-4-6-16(15)11-14/h3-8,11,18H,9-10,12-13H2,1-2H3. The van der Waals surface area contributed by atoms with Gasteiger partial charge in [0.1, 0.15) is 0 Å². The molecule has 0 radical (unpaired) electrons. The summed E-state index contributed by atoms with van der Waals surface area (Å²) >= 11 is 0. The molecule has 0 bridgehead atoms. The lowest BCUT2D eigenvalue weighted by atomic mass is 9.98. The summed E-state index contributed by atoms with van der Waals surface area (Å²) in [5, 5.41) is 6.14. The molecule has 2 nitrogen and oxygen atoms in total. The first-order chi connectivity index (χ1) is 9.15. The number of benzene rings is 2. The minimum atomic E-state index is 0.240. The molecular weight excluding hydrogens is 232 g/mol. The van der Waals surface area contributed by atoms with Crippen LogP contribution in [0.25, 0.3) is 10.8 Å². The van der Waals surface area contributed by atoms with Crippen LogP contribution in [0.3, 0.4) is 0 Å². The maximum absolute atomic E-state index is 3.48. The summed E-state index contributed by atoms with van der Waals surface area (Å²) in [5.74, 6) is 0. The van der Waals surface area contributed by atoms with Crippen LogP contribution in [0.5, 0.6) is 0 Å². The fourth-order valence-corrected chi connectivity index (χ4v) is 2.87. The fourth-order valence-electron chi connectivity index (χ4n) is 2.87. The Morgan fingerprint density at radius 1 is 1.11 bits per heavy atom. The summed E-state index contributed by atoms with van der Waals surface area (Å²) in [4.78, 5) is 2.58. The van der Waals surface area contributed by atoms with Crippen molar-refractivity contribution >= 4 is 10.8 Å². The molecule has 0 unspecified atom stereocenters. The Morgan fingerprint density at radius 2 is 1.89 bits per heavy atom. The van der Waals surface area contributed by atoms with Crippen LogP contribution in [0.4, 0.5) is 0 Å². The third-order valence-electron chi connectivity index (χ3n) is 4.16. The van der Waals surface area contributed by atoms with Crippen LogP contribution < -0.4 is 5.32 Å². The average molecular weight is 254 g/mol. The van der Waals surface area contributed by atoms with E-state index in [2.05, 4.69) is 66.5 Å². The number of piperazine rings is 1. The first-order valence-corrected chi connectivity index (χ1v) is 7.09. The van der Waals surface area contributed by atoms with Gasteiger partial charge in [-0.1, -0.05) is 36.4 Å². The third-order valence-corrected chi connectivity index (χ3v) is 4.16. The highest BCUT2D eigenvalue weighted by molar-refractivity contribution is 5.82. The number of nitrogens with one attached hydrogen (secondary N) is 1. The zero-order chi connectivity index (χ0) is 13.3. The van der Waals surface area contributed by atoms with Gasteiger partial charge in [0.2, 0.25) is 0 Å². The average Bonchev–Trinajstić information content (AvgIpc) is 2.41. The zero-order valence-corrected chi connectivity index (χ0v) is 11.8. The van der Waals surface area contributed by atoms with E-state index in [1.165, 1.54) is 16.3 Å². The van der Waals surface area contributed by atoms with Gasteiger partial charge in [0, 0.05) is 31.7 Å². The smallest absolute Gasteiger partial charge is 0.0281 e. The van der Waals surface area contributed by atoms with E-state index in [9.17, 15) is 0 Å². The van der Waals surface area contributed by atoms with Gasteiger partial charge in [-0.25, -0.2) is 0 Å². The van der Waals surface area contributed by atoms with E-state index < -0.39 is 0 Å². The van der Waals surface area contributed by atoms with Gasteiger partial charge < -0.3 is 5.32 Å². The highest BCUT2D eigenvalue weighted by atomic mass is 15.2. The van der Waals surface area contributed by atoms with E-state index in [4.69, 9.17) is 0 Å². The fraction of sp³-hybridized carbons (Fsp3) is 0.412. The first-order valence-electron chi connectivity index (χ1n) is 7.09. The Morgan fingerprint density at radius 3 is 2.68 bits per heavy atom. The molecule has 1 heterocycles. The molecule has 0 amide bonds. The highest BCUT2D eigenvalue weighted by Gasteiger charge is 2.29. The Balaban J connectivity index is 1.84. The quantitative estimate of drug-likeness (QED) is 0.886. The second-order valence-electron chi connectivity index (χ2n) is 6.09. The zero-order valence-electron chi connectivity index (χ0n) is 11.8. The van der Waals surface area contributed by atoms with Crippen LogP contribution in [0, 0.1) is 0 Å². The van der Waals surface area contributed by atoms with Gasteiger partial charge in [-0.2, -0.15) is 0 Å². The van der Waals surface area contributed by atoms with Crippen molar-refractivity contribution in [1.29, 1.82) is 0 Å². The molecular formula is C17H22N2. The van der Waals surface area contributed by atoms with E-state index in [1.54, 1.807) is 0 Å². The minimum Gasteiger partial charge on any atom is -0.314 e. The van der Waals surface area contributed by atoms with Gasteiger partial charge in [0.05, 0.1) is 0 Å². The van der Waals surface area contributed by atoms with E-state index in [0.29, 0.717) is 0 Å². The molecule has 2 aromatic carbocycles. The molecule has 3 rings (SSSR count). The number of rotatable bonds is 2. The SMILES string of the molecule is CC1(C)CNCCN1Cc1ccc2ccccc2c1. The molecule has 0 aliphatic carbocycles. The van der Waals surface area contributed by atoms with Crippen molar-refractivity contribution in [2.24, 2.45) is 0 Å². The lowest BCUT2D eigenvalue weighted by Gasteiger charge is -2.43. The molecule has 0 atom stereocenters. The number of nitrogens with zero attached hydrogens (tertiary/aromatic N) is 1. The van der Waals surface area contributed by atoms with Crippen molar-refractivity contribution in [2.45, 2.75) is 25.9 Å². The van der Waals surface area contributed by atoms with Crippen LogP contribution in [0.2, 0.25) is 0 Å². The van der Waals surface area contributed by atoms with Crippen molar-refractivity contribution in [3.8, 4) is 0 Å². The molecule has 0 spiro atoms. The molecule has 1 saturated heterocycles. The lowest BCUT2D eigenvalue weighted by Crippen LogP contribution is -2.57. The molecule has 0 aromatic heterocycles. The largest absolute Gasteiger partial charge is 0.314 e. The summed E-state index contributed by atoms with van der Waals surface area (Å²) in [6.07, 6.45) is 0. The number of hydrogen-bond donors (Lipinski definition) is 1. The van der Waals surface area contributed by atoms with Gasteiger partial charge in [-0.05, 0) is 36.2 Å². The highest BCUT2D eigenvalue weighted by Crippen LogP contribution is 2.22. The minimum absolute atomic E-state index is 0.240. The van der Waals surface area contributed by atoms with E-state index in [-0.39, 0.29) is 5.54 Å². The molecule has 1 aliphatic heterocycles. The first kappa shape index (κ1) is 12.6. The van der Waals surface area contributed by atoms with Crippen LogP contribution in [0.15, 0.2) is 42.5 Å². The summed E-state index contributed by atoms with van der Waals surface area (Å²) in [7, 11) is 0. The molecule has 1 N–H and O–H groups in total. The van der Waals surface area contributed by atoms with Crippen molar-refractivity contribution in [3.63, 3.8) is 0 Å². The molecule has 2 aromatic rings. The predicted molar refractivity (Wildman–Crippen MR) is 81.3 cm³/mol. The van der Waals surface area contributed by atoms with Gasteiger partial charge in [-0.3, -0.25) is 4.90 Å². The Kier molecular flexibility index (Phi) is 3.29. The Hall–Kier alpha value is -1.38. The van der Waals surface area contributed by atoms with E-state index in [0.717, 1.165) is 26.2 Å². The van der Waals surface area contributed by atoms with Crippen LogP contribution >= 0.6 is 0 Å². The monoisotopic (exact) mass is 254 g/mol. The van der Waals surface area contributed by atoms with Gasteiger partial charge in [0.15, 0.2) is 0 Å². The number of hydrogen-bond acceptors (Lipinski definition) is 2. The third kappa shape index (κ3) is 2.65. The summed E-state index contributed by atoms with van der Waals surface area (Å²) in [5.41, 5.74) is 1.65. The second kappa shape index (κ2) is 4.95. The van der Waals surface area contributed by atoms with Crippen molar-refractivity contribution in [1.82, 2.24) is 10.2 Å². The molecule has 0 saturated carbocycles. The maximum Gasteiger partial charge on any atom is 0.0281 e. The van der Waals surface area contributed by atoms with Crippen molar-refractivity contribution in [3.05, 3.63) is 48.0 Å². The normalized spacial score (nSPS) is 19.7. The molecule has 1 fully saturated rings. The van der Waals surface area contributed by atoms with Crippen LogP contribution in [0.1, 0.15) is 19.4 Å². The molecule has 1 aliphatic rings. The van der Waals surface area contributed by atoms with Crippen molar-refractivity contribution < 1.29 is 0 Å². The second-order valence-corrected chi connectivity index (χ2v) is 6.09.